The third kappa shape index (κ3) is 5.65. The lowest BCUT2D eigenvalue weighted by molar-refractivity contribution is 0.0258. The van der Waals surface area contributed by atoms with E-state index in [0.717, 1.165) is 11.8 Å². The molecule has 1 nitrogen and oxygen atoms in total. The zero-order chi connectivity index (χ0) is 22.6. The van der Waals surface area contributed by atoms with Crippen molar-refractivity contribution in [2.45, 2.75) is 111 Å². The Bertz CT molecular complexity index is 756. The minimum Gasteiger partial charge on any atom is -0.316 e. The van der Waals surface area contributed by atoms with Crippen LogP contribution in [0, 0.1) is 17.3 Å². The summed E-state index contributed by atoms with van der Waals surface area (Å²) in [6, 6.07) is 7.45. The Kier molecular flexibility index (Phi) is 8.11. The fourth-order valence-corrected chi connectivity index (χ4v) is 6.74. The summed E-state index contributed by atoms with van der Waals surface area (Å²) in [6.45, 7) is 19.0. The number of allylic oxidation sites excluding steroid dienone is 2. The predicted octanol–water partition coefficient (Wildman–Crippen LogP) is 8.18. The normalized spacial score (nSPS) is 28.7. The molecule has 0 aliphatic heterocycles. The van der Waals surface area contributed by atoms with Crippen LogP contribution >= 0.6 is 0 Å². The highest BCUT2D eigenvalue weighted by molar-refractivity contribution is 5.42. The van der Waals surface area contributed by atoms with Gasteiger partial charge in [-0.15, -0.1) is 0 Å². The fourth-order valence-electron chi connectivity index (χ4n) is 6.74. The van der Waals surface area contributed by atoms with Gasteiger partial charge in [0.15, 0.2) is 0 Å². The Morgan fingerprint density at radius 2 is 1.90 bits per heavy atom. The zero-order valence-electron chi connectivity index (χ0n) is 21.6. The van der Waals surface area contributed by atoms with Crippen LogP contribution in [0.2, 0.25) is 0 Å². The first-order chi connectivity index (χ1) is 14.7. The lowest BCUT2D eigenvalue weighted by Crippen LogP contribution is -2.52. The summed E-state index contributed by atoms with van der Waals surface area (Å²) >= 11 is 0. The molecule has 174 valence electrons. The van der Waals surface area contributed by atoms with Crippen LogP contribution in [0.25, 0.3) is 0 Å². The van der Waals surface area contributed by atoms with E-state index >= 15 is 0 Å². The Balaban J connectivity index is 1.61. The van der Waals surface area contributed by atoms with E-state index in [1.807, 2.05) is 0 Å². The molecule has 0 saturated heterocycles. The smallest absolute Gasteiger partial charge is 0.000814 e. The lowest BCUT2D eigenvalue weighted by atomic mass is 9.49. The number of fused-ring (bicyclic) bond motifs is 3. The molecule has 0 aromatic heterocycles. The number of aryl methyl sites for hydroxylation is 1. The van der Waals surface area contributed by atoms with E-state index in [2.05, 4.69) is 78.1 Å². The highest BCUT2D eigenvalue weighted by atomic mass is 14.9. The Morgan fingerprint density at radius 1 is 1.13 bits per heavy atom. The molecular weight excluding hydrogens is 374 g/mol. The molecule has 2 aliphatic carbocycles. The van der Waals surface area contributed by atoms with Crippen molar-refractivity contribution in [2.75, 3.05) is 13.1 Å². The molecule has 0 spiro atoms. The van der Waals surface area contributed by atoms with Crippen molar-refractivity contribution in [3.05, 3.63) is 46.5 Å². The van der Waals surface area contributed by atoms with Gasteiger partial charge in [0.2, 0.25) is 0 Å². The molecule has 0 heterocycles. The second-order valence-corrected chi connectivity index (χ2v) is 12.0. The Labute approximate surface area is 193 Å². The van der Waals surface area contributed by atoms with E-state index in [1.54, 1.807) is 11.1 Å². The van der Waals surface area contributed by atoms with Crippen LogP contribution in [0.15, 0.2) is 29.8 Å². The zero-order valence-corrected chi connectivity index (χ0v) is 21.6. The van der Waals surface area contributed by atoms with Crippen molar-refractivity contribution < 1.29 is 0 Å². The van der Waals surface area contributed by atoms with Gasteiger partial charge in [0.1, 0.15) is 0 Å². The van der Waals surface area contributed by atoms with Gasteiger partial charge < -0.3 is 5.32 Å². The third-order valence-electron chi connectivity index (χ3n) is 8.72. The molecule has 0 amide bonds. The summed E-state index contributed by atoms with van der Waals surface area (Å²) in [4.78, 5) is 0. The van der Waals surface area contributed by atoms with Crippen LogP contribution < -0.4 is 5.32 Å². The first kappa shape index (κ1) is 24.6. The van der Waals surface area contributed by atoms with Gasteiger partial charge in [-0.1, -0.05) is 70.9 Å². The van der Waals surface area contributed by atoms with Crippen LogP contribution in [0.1, 0.15) is 116 Å². The van der Waals surface area contributed by atoms with E-state index in [1.165, 1.54) is 75.6 Å². The molecule has 0 unspecified atom stereocenters. The molecular formula is C30H49N. The highest BCUT2D eigenvalue weighted by Gasteiger charge is 2.51. The van der Waals surface area contributed by atoms with Crippen molar-refractivity contribution in [1.29, 1.82) is 0 Å². The van der Waals surface area contributed by atoms with Crippen LogP contribution in [0.4, 0.5) is 0 Å². The van der Waals surface area contributed by atoms with Gasteiger partial charge in [-0.3, -0.25) is 0 Å². The summed E-state index contributed by atoms with van der Waals surface area (Å²) in [5.41, 5.74) is 7.06. The number of nitrogens with one attached hydrogen (secondary N) is 1. The van der Waals surface area contributed by atoms with Crippen LogP contribution in [0.3, 0.4) is 0 Å². The van der Waals surface area contributed by atoms with Crippen molar-refractivity contribution >= 4 is 0 Å². The number of benzene rings is 1. The standard InChI is InChI=1S/C30H49N/c1-22(2)10-8-11-24(5)16-19-31-21-29(6)17-9-18-30(7)27-14-12-25(23(3)4)20-26(27)13-15-28(29)30/h10,12,14,20,23-24,28,31H,8-9,11,13,15-19,21H2,1-7H3/t24-,28+,29+,30-/m1/s1. The van der Waals surface area contributed by atoms with E-state index in [0.29, 0.717) is 16.7 Å². The third-order valence-corrected chi connectivity index (χ3v) is 8.72. The summed E-state index contributed by atoms with van der Waals surface area (Å²) in [7, 11) is 0. The molecule has 0 bridgehead atoms. The monoisotopic (exact) mass is 423 g/mol. The summed E-state index contributed by atoms with van der Waals surface area (Å²) in [5.74, 6) is 2.24. The largest absolute Gasteiger partial charge is 0.316 e. The van der Waals surface area contributed by atoms with Crippen LogP contribution in [-0.4, -0.2) is 13.1 Å². The summed E-state index contributed by atoms with van der Waals surface area (Å²) in [5, 5.41) is 3.91. The molecule has 1 saturated carbocycles. The van der Waals surface area contributed by atoms with Gasteiger partial charge in [0.05, 0.1) is 0 Å². The maximum absolute atomic E-state index is 3.91. The molecule has 2 aliphatic rings. The number of hydrogen-bond acceptors (Lipinski definition) is 1. The van der Waals surface area contributed by atoms with Crippen LogP contribution in [-0.2, 0) is 11.8 Å². The molecule has 3 rings (SSSR count). The van der Waals surface area contributed by atoms with Gasteiger partial charge in [0, 0.05) is 6.54 Å². The summed E-state index contributed by atoms with van der Waals surface area (Å²) < 4.78 is 0. The van der Waals surface area contributed by atoms with E-state index < -0.39 is 0 Å². The highest BCUT2D eigenvalue weighted by Crippen LogP contribution is 2.57. The Hall–Kier alpha value is -1.08. The minimum atomic E-state index is 0.357. The number of hydrogen-bond donors (Lipinski definition) is 1. The van der Waals surface area contributed by atoms with Crippen molar-refractivity contribution in [3.63, 3.8) is 0 Å². The van der Waals surface area contributed by atoms with Gasteiger partial charge >= 0.3 is 0 Å². The molecule has 1 aromatic rings. The quantitative estimate of drug-likeness (QED) is 0.312. The second kappa shape index (κ2) is 10.2. The minimum absolute atomic E-state index is 0.357. The average Bonchev–Trinajstić information content (AvgIpc) is 2.70. The molecule has 1 heteroatoms. The molecule has 0 radical (unpaired) electrons. The molecule has 1 N–H and O–H groups in total. The van der Waals surface area contributed by atoms with Gasteiger partial charge in [-0.05, 0) is 111 Å². The second-order valence-electron chi connectivity index (χ2n) is 12.0. The van der Waals surface area contributed by atoms with E-state index in [4.69, 9.17) is 0 Å². The Morgan fingerprint density at radius 3 is 2.61 bits per heavy atom. The first-order valence-electron chi connectivity index (χ1n) is 13.1. The molecule has 4 atom stereocenters. The topological polar surface area (TPSA) is 12.0 Å². The van der Waals surface area contributed by atoms with Crippen molar-refractivity contribution in [3.8, 4) is 0 Å². The predicted molar refractivity (Wildman–Crippen MR) is 137 cm³/mol. The van der Waals surface area contributed by atoms with Crippen molar-refractivity contribution in [1.82, 2.24) is 5.32 Å². The molecule has 1 aromatic carbocycles. The maximum atomic E-state index is 3.91. The van der Waals surface area contributed by atoms with Crippen molar-refractivity contribution in [2.24, 2.45) is 17.3 Å². The lowest BCUT2D eigenvalue weighted by Gasteiger charge is -2.56. The fraction of sp³-hybridized carbons (Fsp3) is 0.733. The maximum Gasteiger partial charge on any atom is 0.000814 e. The van der Waals surface area contributed by atoms with Gasteiger partial charge in [0.25, 0.3) is 0 Å². The summed E-state index contributed by atoms with van der Waals surface area (Å²) in [6.07, 6.45) is 13.0. The average molecular weight is 424 g/mol. The van der Waals surface area contributed by atoms with E-state index in [9.17, 15) is 0 Å². The molecule has 31 heavy (non-hydrogen) atoms. The molecule has 1 fully saturated rings. The van der Waals surface area contributed by atoms with Gasteiger partial charge in [-0.2, -0.15) is 0 Å². The SMILES string of the molecule is CC(C)=CCC[C@@H](C)CCNC[C@]1(C)CCC[C@]2(C)c3ccc(C(C)C)cc3CC[C@@H]12. The van der Waals surface area contributed by atoms with Crippen LogP contribution in [0.5, 0.6) is 0 Å². The first-order valence-corrected chi connectivity index (χ1v) is 13.1. The van der Waals surface area contributed by atoms with E-state index in [-0.39, 0.29) is 0 Å². The number of rotatable bonds is 9. The van der Waals surface area contributed by atoms with Gasteiger partial charge in [-0.25, -0.2) is 0 Å².